The van der Waals surface area contributed by atoms with Crippen molar-refractivity contribution in [3.8, 4) is 0 Å². The minimum Gasteiger partial charge on any atom is -0.486 e. The zero-order valence-electron chi connectivity index (χ0n) is 9.46. The van der Waals surface area contributed by atoms with Gasteiger partial charge in [0.1, 0.15) is 11.9 Å². The average molecular weight is 231 g/mol. The number of ether oxygens (including phenoxy) is 1. The summed E-state index contributed by atoms with van der Waals surface area (Å²) in [6.07, 6.45) is 6.90. The summed E-state index contributed by atoms with van der Waals surface area (Å²) in [5.74, 6) is -0.371. The van der Waals surface area contributed by atoms with Crippen LogP contribution in [-0.2, 0) is 9.53 Å². The van der Waals surface area contributed by atoms with Crippen molar-refractivity contribution in [1.82, 2.24) is 4.98 Å². The second-order valence-corrected chi connectivity index (χ2v) is 3.85. The number of carbonyl (C=O) groups is 1. The van der Waals surface area contributed by atoms with E-state index in [0.717, 1.165) is 23.8 Å². The van der Waals surface area contributed by atoms with Gasteiger partial charge in [-0.3, -0.25) is 4.98 Å². The molecule has 2 rings (SSSR count). The van der Waals surface area contributed by atoms with Gasteiger partial charge in [-0.15, -0.1) is 0 Å². The molecule has 0 saturated heterocycles. The van der Waals surface area contributed by atoms with Crippen molar-refractivity contribution < 1.29 is 14.6 Å². The van der Waals surface area contributed by atoms with Crippen LogP contribution in [0.2, 0.25) is 0 Å². The molecule has 88 valence electrons. The molecule has 0 radical (unpaired) electrons. The van der Waals surface area contributed by atoms with E-state index in [9.17, 15) is 4.79 Å². The maximum absolute atomic E-state index is 10.4. The van der Waals surface area contributed by atoms with Crippen molar-refractivity contribution in [3.63, 3.8) is 0 Å². The number of hydrogen-bond donors (Lipinski definition) is 1. The number of aliphatic carboxylic acids is 1. The first kappa shape index (κ1) is 11.4. The van der Waals surface area contributed by atoms with Crippen molar-refractivity contribution in [2.45, 2.75) is 19.4 Å². The number of hydrogen-bond acceptors (Lipinski definition) is 3. The summed E-state index contributed by atoms with van der Waals surface area (Å²) < 4.78 is 5.64. The number of pyridine rings is 1. The normalized spacial score (nSPS) is 19.1. The Morgan fingerprint density at radius 1 is 1.65 bits per heavy atom. The molecule has 1 aromatic rings. The molecule has 1 atom stereocenters. The van der Waals surface area contributed by atoms with E-state index in [2.05, 4.69) is 4.98 Å². The predicted octanol–water partition coefficient (Wildman–Crippen LogP) is 2.38. The SMILES string of the molecule is Cc1cc(C2CC=C(/C=C/C(=O)O)O2)ccn1. The first-order valence-electron chi connectivity index (χ1n) is 5.35. The lowest BCUT2D eigenvalue weighted by Crippen LogP contribution is -1.98. The maximum Gasteiger partial charge on any atom is 0.328 e. The summed E-state index contributed by atoms with van der Waals surface area (Å²) in [7, 11) is 0. The summed E-state index contributed by atoms with van der Waals surface area (Å²) in [4.78, 5) is 14.5. The Labute approximate surface area is 99.3 Å². The van der Waals surface area contributed by atoms with Gasteiger partial charge in [0.15, 0.2) is 0 Å². The molecule has 2 heterocycles. The Bertz CT molecular complexity index is 491. The minimum atomic E-state index is -0.974. The summed E-state index contributed by atoms with van der Waals surface area (Å²) in [5.41, 5.74) is 2.01. The molecule has 0 saturated carbocycles. The molecule has 0 fully saturated rings. The van der Waals surface area contributed by atoms with E-state index in [-0.39, 0.29) is 6.10 Å². The molecule has 0 aliphatic carbocycles. The molecule has 17 heavy (non-hydrogen) atoms. The van der Waals surface area contributed by atoms with Crippen LogP contribution in [0.1, 0.15) is 23.8 Å². The highest BCUT2D eigenvalue weighted by molar-refractivity contribution is 5.80. The van der Waals surface area contributed by atoms with Crippen LogP contribution in [0, 0.1) is 6.92 Å². The van der Waals surface area contributed by atoms with E-state index in [0.29, 0.717) is 5.76 Å². The van der Waals surface area contributed by atoms with Gasteiger partial charge in [0.25, 0.3) is 0 Å². The maximum atomic E-state index is 10.4. The van der Waals surface area contributed by atoms with E-state index in [1.165, 1.54) is 6.08 Å². The van der Waals surface area contributed by atoms with Crippen molar-refractivity contribution in [2.75, 3.05) is 0 Å². The summed E-state index contributed by atoms with van der Waals surface area (Å²) >= 11 is 0. The van der Waals surface area contributed by atoms with Gasteiger partial charge in [-0.05, 0) is 36.8 Å². The largest absolute Gasteiger partial charge is 0.486 e. The van der Waals surface area contributed by atoms with Gasteiger partial charge in [-0.2, -0.15) is 0 Å². The Balaban J connectivity index is 2.03. The van der Waals surface area contributed by atoms with E-state index < -0.39 is 5.97 Å². The van der Waals surface area contributed by atoms with Gasteiger partial charge in [0, 0.05) is 24.4 Å². The number of carboxylic acids is 1. The Hall–Kier alpha value is -2.10. The molecular weight excluding hydrogens is 218 g/mol. The zero-order valence-corrected chi connectivity index (χ0v) is 9.46. The third-order valence-electron chi connectivity index (χ3n) is 2.49. The Morgan fingerprint density at radius 2 is 2.47 bits per heavy atom. The number of nitrogens with zero attached hydrogens (tertiary/aromatic N) is 1. The lowest BCUT2D eigenvalue weighted by atomic mass is 10.1. The molecule has 4 nitrogen and oxygen atoms in total. The summed E-state index contributed by atoms with van der Waals surface area (Å²) in [5, 5.41) is 8.52. The number of aryl methyl sites for hydroxylation is 1. The predicted molar refractivity (Wildman–Crippen MR) is 62.3 cm³/mol. The highest BCUT2D eigenvalue weighted by Crippen LogP contribution is 2.31. The van der Waals surface area contributed by atoms with Crippen LogP contribution in [-0.4, -0.2) is 16.1 Å². The van der Waals surface area contributed by atoms with Crippen LogP contribution in [0.5, 0.6) is 0 Å². The monoisotopic (exact) mass is 231 g/mol. The van der Waals surface area contributed by atoms with Gasteiger partial charge in [-0.25, -0.2) is 4.79 Å². The lowest BCUT2D eigenvalue weighted by Gasteiger charge is -2.12. The van der Waals surface area contributed by atoms with Crippen molar-refractivity contribution >= 4 is 5.97 Å². The fourth-order valence-corrected chi connectivity index (χ4v) is 1.72. The smallest absolute Gasteiger partial charge is 0.328 e. The molecule has 0 aromatic carbocycles. The van der Waals surface area contributed by atoms with Gasteiger partial charge in [0.05, 0.1) is 0 Å². The lowest BCUT2D eigenvalue weighted by molar-refractivity contribution is -0.131. The molecule has 1 N–H and O–H groups in total. The molecule has 0 spiro atoms. The Kier molecular flexibility index (Phi) is 3.23. The first-order valence-corrected chi connectivity index (χ1v) is 5.35. The third-order valence-corrected chi connectivity index (χ3v) is 2.49. The van der Waals surface area contributed by atoms with E-state index in [1.54, 1.807) is 6.20 Å². The highest BCUT2D eigenvalue weighted by atomic mass is 16.5. The standard InChI is InChI=1S/C13H13NO3/c1-9-8-10(6-7-14-9)12-4-2-11(17-12)3-5-13(15)16/h2-3,5-8,12H,4H2,1H3,(H,15,16)/b5-3+. The molecule has 1 aromatic heterocycles. The van der Waals surface area contributed by atoms with Gasteiger partial charge >= 0.3 is 5.97 Å². The Morgan fingerprint density at radius 3 is 3.18 bits per heavy atom. The quantitative estimate of drug-likeness (QED) is 0.811. The van der Waals surface area contributed by atoms with Crippen molar-refractivity contribution in [3.05, 3.63) is 53.6 Å². The van der Waals surface area contributed by atoms with Crippen LogP contribution in [0.3, 0.4) is 0 Å². The van der Waals surface area contributed by atoms with E-state index in [4.69, 9.17) is 9.84 Å². The van der Waals surface area contributed by atoms with Crippen molar-refractivity contribution in [1.29, 1.82) is 0 Å². The molecule has 1 unspecified atom stereocenters. The summed E-state index contributed by atoms with van der Waals surface area (Å²) in [6.45, 7) is 1.93. The second-order valence-electron chi connectivity index (χ2n) is 3.85. The molecule has 4 heteroatoms. The van der Waals surface area contributed by atoms with Crippen molar-refractivity contribution in [2.24, 2.45) is 0 Å². The first-order chi connectivity index (χ1) is 8.15. The molecular formula is C13H13NO3. The third kappa shape index (κ3) is 2.93. The fourth-order valence-electron chi connectivity index (χ4n) is 1.72. The average Bonchev–Trinajstić information content (AvgIpc) is 2.75. The zero-order chi connectivity index (χ0) is 12.3. The van der Waals surface area contributed by atoms with Crippen LogP contribution < -0.4 is 0 Å². The van der Waals surface area contributed by atoms with Crippen LogP contribution in [0.15, 0.2) is 42.3 Å². The second kappa shape index (κ2) is 4.82. The van der Waals surface area contributed by atoms with E-state index >= 15 is 0 Å². The van der Waals surface area contributed by atoms with Gasteiger partial charge < -0.3 is 9.84 Å². The molecule has 1 aliphatic heterocycles. The van der Waals surface area contributed by atoms with Gasteiger partial charge in [0.2, 0.25) is 0 Å². The molecule has 0 bridgehead atoms. The number of allylic oxidation sites excluding steroid dienone is 1. The van der Waals surface area contributed by atoms with Crippen LogP contribution >= 0.6 is 0 Å². The van der Waals surface area contributed by atoms with E-state index in [1.807, 2.05) is 25.1 Å². The topological polar surface area (TPSA) is 59.4 Å². The molecule has 1 aliphatic rings. The van der Waals surface area contributed by atoms with Crippen LogP contribution in [0.25, 0.3) is 0 Å². The number of rotatable bonds is 3. The number of aromatic nitrogens is 1. The minimum absolute atomic E-state index is 0.0369. The van der Waals surface area contributed by atoms with Gasteiger partial charge in [-0.1, -0.05) is 0 Å². The highest BCUT2D eigenvalue weighted by Gasteiger charge is 2.18. The van der Waals surface area contributed by atoms with Crippen LogP contribution in [0.4, 0.5) is 0 Å². The fraction of sp³-hybridized carbons (Fsp3) is 0.231. The molecule has 0 amide bonds. The number of carboxylic acid groups (broad SMARTS) is 1. The summed E-state index contributed by atoms with van der Waals surface area (Å²) in [6, 6.07) is 3.89.